The van der Waals surface area contributed by atoms with E-state index in [9.17, 15) is 5.11 Å². The van der Waals surface area contributed by atoms with E-state index in [1.807, 2.05) is 11.4 Å². The Labute approximate surface area is 102 Å². The minimum absolute atomic E-state index is 0.663. The smallest absolute Gasteiger partial charge is 0.140 e. The van der Waals surface area contributed by atoms with Crippen molar-refractivity contribution in [3.63, 3.8) is 0 Å². The molecular formula is C8H5BrClNOS2. The van der Waals surface area contributed by atoms with Gasteiger partial charge in [-0.25, -0.2) is 4.98 Å². The van der Waals surface area contributed by atoms with E-state index in [0.29, 0.717) is 9.34 Å². The molecule has 0 radical (unpaired) electrons. The number of thiazole rings is 1. The third-order valence-electron chi connectivity index (χ3n) is 1.59. The first-order valence-corrected chi connectivity index (χ1v) is 6.58. The summed E-state index contributed by atoms with van der Waals surface area (Å²) in [5.41, 5.74) is 0. The molecule has 0 aliphatic carbocycles. The average Bonchev–Trinajstić information content (AvgIpc) is 2.73. The van der Waals surface area contributed by atoms with E-state index in [1.165, 1.54) is 22.7 Å². The predicted molar refractivity (Wildman–Crippen MR) is 63.2 cm³/mol. The van der Waals surface area contributed by atoms with E-state index in [2.05, 4.69) is 20.9 Å². The molecule has 74 valence electrons. The van der Waals surface area contributed by atoms with Crippen molar-refractivity contribution < 1.29 is 5.11 Å². The highest BCUT2D eigenvalue weighted by Gasteiger charge is 2.15. The quantitative estimate of drug-likeness (QED) is 0.917. The molecule has 2 aromatic rings. The van der Waals surface area contributed by atoms with Crippen LogP contribution in [-0.2, 0) is 0 Å². The van der Waals surface area contributed by atoms with Crippen LogP contribution in [0.15, 0.2) is 22.1 Å². The Bertz CT molecular complexity index is 402. The molecule has 0 spiro atoms. The molecule has 1 N–H and O–H groups in total. The van der Waals surface area contributed by atoms with Crippen molar-refractivity contribution in [2.45, 2.75) is 6.10 Å². The molecule has 6 heteroatoms. The zero-order chi connectivity index (χ0) is 10.1. The fraction of sp³-hybridized carbons (Fsp3) is 0.125. The molecule has 2 heterocycles. The average molecular weight is 311 g/mol. The molecule has 0 fully saturated rings. The molecule has 0 saturated carbocycles. The SMILES string of the molecule is OC(c1ccc(Cl)s1)c1nc(Br)cs1. The van der Waals surface area contributed by atoms with Gasteiger partial charge in [-0.2, -0.15) is 0 Å². The van der Waals surface area contributed by atoms with Crippen LogP contribution in [0.25, 0.3) is 0 Å². The Kier molecular flexibility index (Phi) is 3.23. The van der Waals surface area contributed by atoms with E-state index in [-0.39, 0.29) is 0 Å². The zero-order valence-electron chi connectivity index (χ0n) is 6.78. The topological polar surface area (TPSA) is 33.1 Å². The van der Waals surface area contributed by atoms with Gasteiger partial charge in [-0.05, 0) is 28.1 Å². The predicted octanol–water partition coefficient (Wildman–Crippen LogP) is 3.70. The largest absolute Gasteiger partial charge is 0.380 e. The second kappa shape index (κ2) is 4.28. The van der Waals surface area contributed by atoms with Gasteiger partial charge in [0.1, 0.15) is 15.7 Å². The lowest BCUT2D eigenvalue weighted by molar-refractivity contribution is 0.223. The Morgan fingerprint density at radius 1 is 1.50 bits per heavy atom. The van der Waals surface area contributed by atoms with Gasteiger partial charge in [0.05, 0.1) is 4.34 Å². The molecule has 0 aliphatic rings. The second-order valence-corrected chi connectivity index (χ2v) is 6.00. The van der Waals surface area contributed by atoms with Gasteiger partial charge in [-0.3, -0.25) is 0 Å². The van der Waals surface area contributed by atoms with Crippen LogP contribution in [0.4, 0.5) is 0 Å². The fourth-order valence-corrected chi connectivity index (χ4v) is 3.38. The lowest BCUT2D eigenvalue weighted by Gasteiger charge is -2.02. The van der Waals surface area contributed by atoms with Crippen LogP contribution in [0.5, 0.6) is 0 Å². The molecule has 1 unspecified atom stereocenters. The van der Waals surface area contributed by atoms with E-state index in [0.717, 1.165) is 9.48 Å². The Morgan fingerprint density at radius 2 is 2.29 bits per heavy atom. The highest BCUT2D eigenvalue weighted by atomic mass is 79.9. The molecule has 2 rings (SSSR count). The number of halogens is 2. The van der Waals surface area contributed by atoms with Gasteiger partial charge in [0.25, 0.3) is 0 Å². The van der Waals surface area contributed by atoms with Gasteiger partial charge >= 0.3 is 0 Å². The first-order chi connectivity index (χ1) is 6.66. The molecule has 2 nitrogen and oxygen atoms in total. The maximum Gasteiger partial charge on any atom is 0.140 e. The highest BCUT2D eigenvalue weighted by Crippen LogP contribution is 2.32. The fourth-order valence-electron chi connectivity index (χ4n) is 0.989. The monoisotopic (exact) mass is 309 g/mol. The van der Waals surface area contributed by atoms with Crippen LogP contribution in [0.1, 0.15) is 16.0 Å². The number of nitrogens with zero attached hydrogens (tertiary/aromatic N) is 1. The third kappa shape index (κ3) is 2.17. The maximum atomic E-state index is 9.90. The van der Waals surface area contributed by atoms with Crippen molar-refractivity contribution >= 4 is 50.2 Å². The normalized spacial score (nSPS) is 13.1. The van der Waals surface area contributed by atoms with E-state index in [4.69, 9.17) is 11.6 Å². The van der Waals surface area contributed by atoms with Crippen molar-refractivity contribution in [3.8, 4) is 0 Å². The minimum Gasteiger partial charge on any atom is -0.380 e. The number of rotatable bonds is 2. The number of aliphatic hydroxyl groups is 1. The van der Waals surface area contributed by atoms with Gasteiger partial charge in [-0.15, -0.1) is 22.7 Å². The van der Waals surface area contributed by atoms with Gasteiger partial charge in [0.15, 0.2) is 0 Å². The molecule has 1 atom stereocenters. The van der Waals surface area contributed by atoms with Crippen LogP contribution in [0, 0.1) is 0 Å². The summed E-state index contributed by atoms with van der Waals surface area (Å²) >= 11 is 11.8. The molecule has 0 amide bonds. The first-order valence-electron chi connectivity index (χ1n) is 3.71. The molecule has 0 aliphatic heterocycles. The summed E-state index contributed by atoms with van der Waals surface area (Å²) in [4.78, 5) is 4.96. The van der Waals surface area contributed by atoms with Crippen molar-refractivity contribution in [3.05, 3.63) is 36.3 Å². The number of aromatic nitrogens is 1. The molecule has 2 aromatic heterocycles. The summed E-state index contributed by atoms with van der Waals surface area (Å²) in [7, 11) is 0. The molecule has 0 aromatic carbocycles. The van der Waals surface area contributed by atoms with Crippen molar-refractivity contribution in [2.75, 3.05) is 0 Å². The summed E-state index contributed by atoms with van der Waals surface area (Å²) in [6.07, 6.45) is -0.663. The number of hydrogen-bond donors (Lipinski definition) is 1. The molecule has 0 bridgehead atoms. The Balaban J connectivity index is 2.28. The van der Waals surface area contributed by atoms with Gasteiger partial charge in [0.2, 0.25) is 0 Å². The highest BCUT2D eigenvalue weighted by molar-refractivity contribution is 9.10. The first kappa shape index (κ1) is 10.6. The third-order valence-corrected chi connectivity index (χ3v) is 4.48. The Hall–Kier alpha value is 0.0600. The standard InChI is InChI=1S/C8H5BrClNOS2/c9-5-3-13-8(11-5)7(12)4-1-2-6(10)14-4/h1-3,7,12H. The summed E-state index contributed by atoms with van der Waals surface area (Å²) in [5, 5.41) is 12.4. The Morgan fingerprint density at radius 3 is 2.79 bits per heavy atom. The second-order valence-electron chi connectivity index (χ2n) is 2.55. The van der Waals surface area contributed by atoms with Crippen molar-refractivity contribution in [1.29, 1.82) is 0 Å². The molecule has 0 saturated heterocycles. The lowest BCUT2D eigenvalue weighted by Crippen LogP contribution is -1.95. The van der Waals surface area contributed by atoms with E-state index < -0.39 is 6.10 Å². The summed E-state index contributed by atoms with van der Waals surface area (Å²) in [6, 6.07) is 3.58. The lowest BCUT2D eigenvalue weighted by atomic mass is 10.3. The number of thiophene rings is 1. The van der Waals surface area contributed by atoms with Gasteiger partial charge in [0, 0.05) is 10.3 Å². The minimum atomic E-state index is -0.663. The zero-order valence-corrected chi connectivity index (χ0v) is 10.8. The van der Waals surface area contributed by atoms with Gasteiger partial charge in [-0.1, -0.05) is 11.6 Å². The van der Waals surface area contributed by atoms with Crippen LogP contribution in [0.3, 0.4) is 0 Å². The van der Waals surface area contributed by atoms with Crippen LogP contribution in [0.2, 0.25) is 4.34 Å². The number of hydrogen-bond acceptors (Lipinski definition) is 4. The van der Waals surface area contributed by atoms with Crippen molar-refractivity contribution in [2.24, 2.45) is 0 Å². The summed E-state index contributed by atoms with van der Waals surface area (Å²) in [5.74, 6) is 0. The van der Waals surface area contributed by atoms with Crippen LogP contribution >= 0.6 is 50.2 Å². The molecule has 14 heavy (non-hydrogen) atoms. The van der Waals surface area contributed by atoms with Gasteiger partial charge < -0.3 is 5.11 Å². The number of aliphatic hydroxyl groups excluding tert-OH is 1. The van der Waals surface area contributed by atoms with E-state index in [1.54, 1.807) is 6.07 Å². The maximum absolute atomic E-state index is 9.90. The van der Waals surface area contributed by atoms with Crippen LogP contribution < -0.4 is 0 Å². The van der Waals surface area contributed by atoms with E-state index >= 15 is 0 Å². The van der Waals surface area contributed by atoms with Crippen molar-refractivity contribution in [1.82, 2.24) is 4.98 Å². The summed E-state index contributed by atoms with van der Waals surface area (Å²) in [6.45, 7) is 0. The summed E-state index contributed by atoms with van der Waals surface area (Å²) < 4.78 is 1.42. The molecular weight excluding hydrogens is 306 g/mol. The van der Waals surface area contributed by atoms with Crippen LogP contribution in [-0.4, -0.2) is 10.1 Å².